The average molecular weight is 218 g/mol. The van der Waals surface area contributed by atoms with E-state index in [1.54, 1.807) is 0 Å². The van der Waals surface area contributed by atoms with Crippen molar-refractivity contribution in [2.45, 2.75) is 13.8 Å². The van der Waals surface area contributed by atoms with Gasteiger partial charge in [-0.2, -0.15) is 5.26 Å². The molecule has 5 nitrogen and oxygen atoms in total. The van der Waals surface area contributed by atoms with Crippen molar-refractivity contribution in [1.82, 2.24) is 0 Å². The molecule has 0 aliphatic rings. The van der Waals surface area contributed by atoms with Crippen LogP contribution in [0.5, 0.6) is 0 Å². The average Bonchev–Trinajstić information content (AvgIpc) is 2.25. The fourth-order valence-electron chi connectivity index (χ4n) is 1.10. The number of rotatable bonds is 1. The second kappa shape index (κ2) is 4.94. The van der Waals surface area contributed by atoms with Crippen LogP contribution in [-0.4, -0.2) is 11.9 Å². The first-order chi connectivity index (χ1) is 7.54. The zero-order valence-electron chi connectivity index (χ0n) is 8.93. The van der Waals surface area contributed by atoms with E-state index in [1.165, 1.54) is 38.1 Å². The quantitative estimate of drug-likeness (QED) is 0.668. The first kappa shape index (κ1) is 11.7. The summed E-state index contributed by atoms with van der Waals surface area (Å²) < 4.78 is 0. The van der Waals surface area contributed by atoms with Gasteiger partial charge in [-0.25, -0.2) is 4.79 Å². The molecule has 16 heavy (non-hydrogen) atoms. The van der Waals surface area contributed by atoms with Crippen LogP contribution in [0, 0.1) is 11.3 Å². The number of carbonyl (C=O) groups is 2. The predicted molar refractivity (Wildman–Crippen MR) is 56.1 cm³/mol. The Labute approximate surface area is 92.8 Å². The number of nitriles is 1. The summed E-state index contributed by atoms with van der Waals surface area (Å²) in [5.41, 5.74) is 0.872. The van der Waals surface area contributed by atoms with Crippen LogP contribution in [0.3, 0.4) is 0 Å². The van der Waals surface area contributed by atoms with Gasteiger partial charge in [0.05, 0.1) is 17.3 Å². The number of hydroxylamine groups is 1. The van der Waals surface area contributed by atoms with E-state index in [1.807, 2.05) is 6.07 Å². The van der Waals surface area contributed by atoms with Gasteiger partial charge >= 0.3 is 5.97 Å². The van der Waals surface area contributed by atoms with E-state index in [-0.39, 0.29) is 0 Å². The lowest BCUT2D eigenvalue weighted by Gasteiger charge is -2.18. The highest BCUT2D eigenvalue weighted by Gasteiger charge is 2.14. The molecule has 0 saturated carbocycles. The number of amides is 1. The van der Waals surface area contributed by atoms with Gasteiger partial charge < -0.3 is 4.84 Å². The van der Waals surface area contributed by atoms with Gasteiger partial charge in [-0.3, -0.25) is 4.79 Å². The van der Waals surface area contributed by atoms with E-state index in [0.29, 0.717) is 11.3 Å². The van der Waals surface area contributed by atoms with E-state index >= 15 is 0 Å². The molecule has 0 aliphatic carbocycles. The van der Waals surface area contributed by atoms with Gasteiger partial charge in [0.15, 0.2) is 0 Å². The Morgan fingerprint density at radius 3 is 2.19 bits per heavy atom. The summed E-state index contributed by atoms with van der Waals surface area (Å²) in [6.45, 7) is 2.49. The molecule has 1 aromatic rings. The summed E-state index contributed by atoms with van der Waals surface area (Å²) >= 11 is 0. The second-order valence-corrected chi connectivity index (χ2v) is 3.05. The molecule has 5 heteroatoms. The maximum Gasteiger partial charge on any atom is 0.330 e. The molecule has 0 aromatic heterocycles. The maximum absolute atomic E-state index is 11.2. The van der Waals surface area contributed by atoms with E-state index < -0.39 is 11.9 Å². The molecule has 1 rings (SSSR count). The predicted octanol–water partition coefficient (Wildman–Crippen LogP) is 1.39. The fraction of sp³-hybridized carbons (Fsp3) is 0.182. The number of benzene rings is 1. The SMILES string of the molecule is CC(=O)ON(C(C)=O)c1ccc(C#N)cc1. The topological polar surface area (TPSA) is 70.4 Å². The van der Waals surface area contributed by atoms with Gasteiger partial charge in [0.25, 0.3) is 5.91 Å². The molecule has 0 atom stereocenters. The Bertz CT molecular complexity index is 445. The zero-order chi connectivity index (χ0) is 12.1. The highest BCUT2D eigenvalue weighted by atomic mass is 16.7. The highest BCUT2D eigenvalue weighted by molar-refractivity contribution is 5.91. The maximum atomic E-state index is 11.2. The minimum atomic E-state index is -0.584. The molecular formula is C11H10N2O3. The van der Waals surface area contributed by atoms with Crippen LogP contribution in [0.2, 0.25) is 0 Å². The number of hydrogen-bond donors (Lipinski definition) is 0. The van der Waals surface area contributed by atoms with Crippen LogP contribution in [0.15, 0.2) is 24.3 Å². The minimum absolute atomic E-state index is 0.404. The molecule has 1 amide bonds. The first-order valence-corrected chi connectivity index (χ1v) is 4.54. The summed E-state index contributed by atoms with van der Waals surface area (Å²) in [6, 6.07) is 8.09. The summed E-state index contributed by atoms with van der Waals surface area (Å²) in [6.07, 6.45) is 0. The smallest absolute Gasteiger partial charge is 0.330 e. The normalized spacial score (nSPS) is 9.06. The lowest BCUT2D eigenvalue weighted by molar-refractivity contribution is -0.147. The van der Waals surface area contributed by atoms with Crippen molar-refractivity contribution in [3.8, 4) is 6.07 Å². The monoisotopic (exact) mass is 218 g/mol. The second-order valence-electron chi connectivity index (χ2n) is 3.05. The van der Waals surface area contributed by atoms with Crippen LogP contribution < -0.4 is 5.06 Å². The number of carbonyl (C=O) groups excluding carboxylic acids is 2. The van der Waals surface area contributed by atoms with E-state index in [9.17, 15) is 9.59 Å². The van der Waals surface area contributed by atoms with Crippen LogP contribution in [0.4, 0.5) is 5.69 Å². The third-order valence-corrected chi connectivity index (χ3v) is 1.74. The van der Waals surface area contributed by atoms with Crippen molar-refractivity contribution in [1.29, 1.82) is 5.26 Å². The van der Waals surface area contributed by atoms with Gasteiger partial charge in [-0.15, -0.1) is 5.06 Å². The number of hydrogen-bond acceptors (Lipinski definition) is 4. The molecular weight excluding hydrogens is 208 g/mol. The molecule has 82 valence electrons. The van der Waals surface area contributed by atoms with Crippen molar-refractivity contribution in [2.24, 2.45) is 0 Å². The fourth-order valence-corrected chi connectivity index (χ4v) is 1.10. The molecule has 0 heterocycles. The molecule has 0 radical (unpaired) electrons. The number of nitrogens with zero attached hydrogens (tertiary/aromatic N) is 2. The lowest BCUT2D eigenvalue weighted by Crippen LogP contribution is -2.30. The third-order valence-electron chi connectivity index (χ3n) is 1.74. The van der Waals surface area contributed by atoms with E-state index in [4.69, 9.17) is 10.1 Å². The molecule has 0 bridgehead atoms. The summed E-state index contributed by atoms with van der Waals surface area (Å²) in [7, 11) is 0. The van der Waals surface area contributed by atoms with Gasteiger partial charge in [-0.05, 0) is 24.3 Å². The van der Waals surface area contributed by atoms with Crippen molar-refractivity contribution < 1.29 is 14.4 Å². The summed E-state index contributed by atoms with van der Waals surface area (Å²) in [4.78, 5) is 26.7. The third kappa shape index (κ3) is 2.82. The molecule has 0 fully saturated rings. The Kier molecular flexibility index (Phi) is 3.62. The molecule has 0 N–H and O–H groups in total. The van der Waals surface area contributed by atoms with Gasteiger partial charge in [0.2, 0.25) is 0 Å². The van der Waals surface area contributed by atoms with E-state index in [0.717, 1.165) is 5.06 Å². The number of anilines is 1. The molecule has 1 aromatic carbocycles. The highest BCUT2D eigenvalue weighted by Crippen LogP contribution is 2.15. The Morgan fingerprint density at radius 2 is 1.81 bits per heavy atom. The first-order valence-electron chi connectivity index (χ1n) is 4.54. The van der Waals surface area contributed by atoms with Crippen LogP contribution in [0.25, 0.3) is 0 Å². The van der Waals surface area contributed by atoms with Crippen molar-refractivity contribution in [3.05, 3.63) is 29.8 Å². The van der Waals surface area contributed by atoms with Crippen LogP contribution in [-0.2, 0) is 14.4 Å². The van der Waals surface area contributed by atoms with Crippen molar-refractivity contribution in [3.63, 3.8) is 0 Å². The molecule has 0 spiro atoms. The largest absolute Gasteiger partial charge is 0.334 e. The van der Waals surface area contributed by atoms with Gasteiger partial charge in [-0.1, -0.05) is 0 Å². The van der Waals surface area contributed by atoms with Crippen molar-refractivity contribution >= 4 is 17.6 Å². The Hall–Kier alpha value is -2.35. The zero-order valence-corrected chi connectivity index (χ0v) is 8.93. The molecule has 0 saturated heterocycles. The van der Waals surface area contributed by atoms with Gasteiger partial charge in [0, 0.05) is 13.8 Å². The standard InChI is InChI=1S/C11H10N2O3/c1-8(14)13(16-9(2)15)11-5-3-10(7-12)4-6-11/h3-6H,1-2H3. The lowest BCUT2D eigenvalue weighted by atomic mass is 10.2. The van der Waals surface area contributed by atoms with Gasteiger partial charge in [0.1, 0.15) is 0 Å². The summed E-state index contributed by atoms with van der Waals surface area (Å²) in [5, 5.41) is 9.48. The summed E-state index contributed by atoms with van der Waals surface area (Å²) in [5.74, 6) is -1.00. The Morgan fingerprint density at radius 1 is 1.25 bits per heavy atom. The van der Waals surface area contributed by atoms with Crippen LogP contribution >= 0.6 is 0 Å². The molecule has 0 unspecified atom stereocenters. The Balaban J connectivity index is 2.98. The van der Waals surface area contributed by atoms with Crippen LogP contribution in [0.1, 0.15) is 19.4 Å². The van der Waals surface area contributed by atoms with Crippen molar-refractivity contribution in [2.75, 3.05) is 5.06 Å². The van der Waals surface area contributed by atoms with E-state index in [2.05, 4.69) is 0 Å². The molecule has 0 aliphatic heterocycles. The minimum Gasteiger partial charge on any atom is -0.334 e.